The number of thiocarbonyl (C=S) groups is 1. The Morgan fingerprint density at radius 1 is 1.25 bits per heavy atom. The van der Waals surface area contributed by atoms with Gasteiger partial charge in [-0.15, -0.1) is 0 Å². The number of aryl methyl sites for hydroxylation is 1. The van der Waals surface area contributed by atoms with Gasteiger partial charge in [-0.3, -0.25) is 9.78 Å². The fourth-order valence-corrected chi connectivity index (χ4v) is 3.85. The number of anilines is 4. The Balaban J connectivity index is 1.67. The second-order valence-corrected chi connectivity index (χ2v) is 7.43. The first-order valence-corrected chi connectivity index (χ1v) is 9.50. The van der Waals surface area contributed by atoms with Gasteiger partial charge in [-0.1, -0.05) is 48.1 Å². The van der Waals surface area contributed by atoms with E-state index in [-0.39, 0.29) is 28.0 Å². The Hall–Kier alpha value is -3.19. The average Bonchev–Trinajstić information content (AvgIpc) is 2.98. The number of fused-ring (bicyclic) bond motifs is 1. The van der Waals surface area contributed by atoms with Crippen LogP contribution in [0.2, 0.25) is 0 Å². The molecule has 1 aliphatic heterocycles. The van der Waals surface area contributed by atoms with Gasteiger partial charge in [0.2, 0.25) is 5.95 Å². The summed E-state index contributed by atoms with van der Waals surface area (Å²) in [6.07, 6.45) is 0.884. The number of nitrogen functional groups attached to an aromatic ring is 1. The minimum absolute atomic E-state index is 0.111. The summed E-state index contributed by atoms with van der Waals surface area (Å²) in [6.45, 7) is 4.10. The van der Waals surface area contributed by atoms with E-state index in [4.69, 9.17) is 18.0 Å². The first kappa shape index (κ1) is 18.2. The lowest BCUT2D eigenvalue weighted by Gasteiger charge is -2.23. The van der Waals surface area contributed by atoms with Crippen LogP contribution in [0.15, 0.2) is 53.3 Å². The lowest BCUT2D eigenvalue weighted by atomic mass is 10.1. The highest BCUT2D eigenvalue weighted by molar-refractivity contribution is 7.81. The standard InChI is InChI=1S/C21H21N5OS/c1-12-7-9-15(10-8-12)23-20(28)17-18(22)24-21(25-19(17)27)26-13(2)11-14-5-3-4-6-16(14)26/h3-10,13H,11H2,1-2H3,(H,23,28)(H3,22,24,25,27). The van der Waals surface area contributed by atoms with Crippen LogP contribution in [-0.2, 0) is 6.42 Å². The number of aromatic amines is 1. The highest BCUT2D eigenvalue weighted by Gasteiger charge is 2.29. The number of hydrogen-bond donors (Lipinski definition) is 3. The Morgan fingerprint density at radius 3 is 2.68 bits per heavy atom. The first-order chi connectivity index (χ1) is 13.4. The van der Waals surface area contributed by atoms with E-state index in [0.29, 0.717) is 5.95 Å². The molecule has 1 aromatic heterocycles. The predicted octanol–water partition coefficient (Wildman–Crippen LogP) is 3.53. The summed E-state index contributed by atoms with van der Waals surface area (Å²) in [6, 6.07) is 16.0. The van der Waals surface area contributed by atoms with Crippen molar-refractivity contribution in [3.63, 3.8) is 0 Å². The summed E-state index contributed by atoms with van der Waals surface area (Å²) in [5.41, 5.74) is 10.2. The summed E-state index contributed by atoms with van der Waals surface area (Å²) < 4.78 is 0. The third kappa shape index (κ3) is 3.25. The number of nitrogens with two attached hydrogens (primary N) is 1. The monoisotopic (exact) mass is 391 g/mol. The number of H-pyrrole nitrogens is 1. The lowest BCUT2D eigenvalue weighted by Crippen LogP contribution is -2.31. The van der Waals surface area contributed by atoms with Crippen molar-refractivity contribution in [2.75, 3.05) is 16.0 Å². The van der Waals surface area contributed by atoms with Crippen LogP contribution in [0.5, 0.6) is 0 Å². The van der Waals surface area contributed by atoms with Gasteiger partial charge in [-0.05, 0) is 44.0 Å². The number of para-hydroxylation sites is 1. The molecule has 1 atom stereocenters. The lowest BCUT2D eigenvalue weighted by molar-refractivity contribution is 0.738. The van der Waals surface area contributed by atoms with Crippen LogP contribution in [0.4, 0.5) is 23.1 Å². The molecule has 0 bridgehead atoms. The average molecular weight is 392 g/mol. The number of benzene rings is 2. The fourth-order valence-electron chi connectivity index (χ4n) is 3.53. The minimum atomic E-state index is -0.358. The van der Waals surface area contributed by atoms with Crippen molar-refractivity contribution in [2.24, 2.45) is 0 Å². The van der Waals surface area contributed by atoms with E-state index >= 15 is 0 Å². The summed E-state index contributed by atoms with van der Waals surface area (Å²) in [4.78, 5) is 22.4. The summed E-state index contributed by atoms with van der Waals surface area (Å²) >= 11 is 5.41. The van der Waals surface area contributed by atoms with Crippen LogP contribution < -0.4 is 21.5 Å². The molecule has 2 aromatic carbocycles. The van der Waals surface area contributed by atoms with Crippen molar-refractivity contribution in [3.8, 4) is 0 Å². The second kappa shape index (κ2) is 7.09. The quantitative estimate of drug-likeness (QED) is 0.592. The molecule has 0 aliphatic carbocycles. The zero-order valence-corrected chi connectivity index (χ0v) is 16.5. The topological polar surface area (TPSA) is 87.0 Å². The molecule has 4 rings (SSSR count). The molecule has 0 spiro atoms. The Labute approximate surface area is 168 Å². The van der Waals surface area contributed by atoms with Gasteiger partial charge in [0, 0.05) is 17.4 Å². The largest absolute Gasteiger partial charge is 0.383 e. The molecule has 1 unspecified atom stereocenters. The molecule has 142 valence electrons. The van der Waals surface area contributed by atoms with Gasteiger partial charge in [0.1, 0.15) is 16.4 Å². The maximum atomic E-state index is 12.8. The van der Waals surface area contributed by atoms with Crippen LogP contribution in [0.3, 0.4) is 0 Å². The zero-order chi connectivity index (χ0) is 19.8. The van der Waals surface area contributed by atoms with Crippen LogP contribution in [0.1, 0.15) is 23.6 Å². The molecule has 7 heteroatoms. The summed E-state index contributed by atoms with van der Waals surface area (Å²) in [5.74, 6) is 0.543. The highest BCUT2D eigenvalue weighted by atomic mass is 32.1. The maximum absolute atomic E-state index is 12.8. The van der Waals surface area contributed by atoms with Crippen LogP contribution >= 0.6 is 12.2 Å². The van der Waals surface area contributed by atoms with E-state index < -0.39 is 0 Å². The molecule has 2 heterocycles. The van der Waals surface area contributed by atoms with E-state index in [1.807, 2.05) is 54.3 Å². The number of nitrogens with zero attached hydrogens (tertiary/aromatic N) is 2. The molecule has 3 aromatic rings. The van der Waals surface area contributed by atoms with Crippen LogP contribution in [0.25, 0.3) is 0 Å². The van der Waals surface area contributed by atoms with E-state index in [9.17, 15) is 4.79 Å². The Bertz CT molecular complexity index is 1110. The van der Waals surface area contributed by atoms with Gasteiger partial charge in [0.05, 0.1) is 0 Å². The van der Waals surface area contributed by atoms with Gasteiger partial charge in [-0.2, -0.15) is 4.98 Å². The maximum Gasteiger partial charge on any atom is 0.264 e. The SMILES string of the molecule is Cc1ccc(NC(=S)c2c(N)nc(N3c4ccccc4CC3C)[nH]c2=O)cc1. The zero-order valence-electron chi connectivity index (χ0n) is 15.7. The van der Waals surface area contributed by atoms with Crippen LogP contribution in [-0.4, -0.2) is 21.0 Å². The van der Waals surface area contributed by atoms with E-state index in [2.05, 4.69) is 28.3 Å². The molecule has 0 fully saturated rings. The van der Waals surface area contributed by atoms with Gasteiger partial charge in [-0.25, -0.2) is 0 Å². The van der Waals surface area contributed by atoms with Crippen molar-refractivity contribution < 1.29 is 0 Å². The third-order valence-corrected chi connectivity index (χ3v) is 5.21. The molecule has 0 radical (unpaired) electrons. The summed E-state index contributed by atoms with van der Waals surface area (Å²) in [5, 5.41) is 3.06. The van der Waals surface area contributed by atoms with Gasteiger partial charge >= 0.3 is 0 Å². The predicted molar refractivity (Wildman–Crippen MR) is 118 cm³/mol. The van der Waals surface area contributed by atoms with E-state index in [0.717, 1.165) is 23.4 Å². The third-order valence-electron chi connectivity index (χ3n) is 4.91. The van der Waals surface area contributed by atoms with Gasteiger partial charge < -0.3 is 16.0 Å². The molecular formula is C21H21N5OS. The molecular weight excluding hydrogens is 370 g/mol. The number of aromatic nitrogens is 2. The highest BCUT2D eigenvalue weighted by Crippen LogP contribution is 2.36. The van der Waals surface area contributed by atoms with Gasteiger partial charge in [0.15, 0.2) is 0 Å². The van der Waals surface area contributed by atoms with Gasteiger partial charge in [0.25, 0.3) is 5.56 Å². The van der Waals surface area contributed by atoms with E-state index in [1.54, 1.807) is 0 Å². The smallest absolute Gasteiger partial charge is 0.264 e. The van der Waals surface area contributed by atoms with Crippen molar-refractivity contribution in [3.05, 3.63) is 75.6 Å². The minimum Gasteiger partial charge on any atom is -0.383 e. The number of hydrogen-bond acceptors (Lipinski definition) is 5. The molecule has 0 amide bonds. The number of rotatable bonds is 3. The summed E-state index contributed by atoms with van der Waals surface area (Å²) in [7, 11) is 0. The Kier molecular flexibility index (Phi) is 4.60. The van der Waals surface area contributed by atoms with E-state index in [1.165, 1.54) is 5.56 Å². The normalized spacial score (nSPS) is 15.4. The molecule has 1 aliphatic rings. The Morgan fingerprint density at radius 2 is 1.96 bits per heavy atom. The fraction of sp³-hybridized carbons (Fsp3) is 0.190. The molecule has 0 saturated heterocycles. The van der Waals surface area contributed by atoms with Crippen LogP contribution in [0, 0.1) is 6.92 Å². The van der Waals surface area contributed by atoms with Crippen molar-refractivity contribution in [1.82, 2.24) is 9.97 Å². The molecule has 4 N–H and O–H groups in total. The molecule has 0 saturated carbocycles. The second-order valence-electron chi connectivity index (χ2n) is 7.02. The molecule has 6 nitrogen and oxygen atoms in total. The first-order valence-electron chi connectivity index (χ1n) is 9.09. The number of nitrogens with one attached hydrogen (secondary N) is 2. The van der Waals surface area contributed by atoms with Crippen molar-refractivity contribution in [2.45, 2.75) is 26.3 Å². The molecule has 28 heavy (non-hydrogen) atoms. The van der Waals surface area contributed by atoms with Crippen molar-refractivity contribution in [1.29, 1.82) is 0 Å². The van der Waals surface area contributed by atoms with Crippen molar-refractivity contribution >= 4 is 40.3 Å².